The van der Waals surface area contributed by atoms with E-state index in [9.17, 15) is 0 Å². The molecule has 0 saturated heterocycles. The number of anilines is 2. The molecule has 6 nitrogen and oxygen atoms in total. The van der Waals surface area contributed by atoms with Crippen molar-refractivity contribution in [1.29, 1.82) is 0 Å². The summed E-state index contributed by atoms with van der Waals surface area (Å²) in [6.07, 6.45) is 1.69. The first-order valence-corrected chi connectivity index (χ1v) is 7.26. The van der Waals surface area contributed by atoms with Crippen molar-refractivity contribution in [2.45, 2.75) is 6.92 Å². The topological polar surface area (TPSA) is 64.3 Å². The molecule has 0 fully saturated rings. The standard InChI is InChI=1S/C17H15N5O/c1-11-7-8-15(23-2)13(9-11)20-16-17-21-18-10-22(17)14-6-4-3-5-12(14)19-16/h3-10H,1-2H3,(H,19,20). The number of hydrogen-bond donors (Lipinski definition) is 1. The van der Waals surface area contributed by atoms with E-state index in [2.05, 4.69) is 20.5 Å². The van der Waals surface area contributed by atoms with Crippen molar-refractivity contribution in [2.24, 2.45) is 0 Å². The second-order valence-electron chi connectivity index (χ2n) is 5.30. The normalized spacial score (nSPS) is 11.0. The van der Waals surface area contributed by atoms with E-state index in [1.165, 1.54) is 0 Å². The number of aromatic nitrogens is 4. The molecule has 114 valence electrons. The Kier molecular flexibility index (Phi) is 3.08. The second kappa shape index (κ2) is 5.24. The minimum atomic E-state index is 0.644. The van der Waals surface area contributed by atoms with Gasteiger partial charge in [-0.15, -0.1) is 10.2 Å². The molecule has 0 amide bonds. The number of rotatable bonds is 3. The van der Waals surface area contributed by atoms with Gasteiger partial charge in [0.1, 0.15) is 12.1 Å². The molecule has 4 aromatic rings. The molecule has 0 bridgehead atoms. The molecule has 4 rings (SSSR count). The van der Waals surface area contributed by atoms with Crippen molar-refractivity contribution in [3.05, 3.63) is 54.4 Å². The summed E-state index contributed by atoms with van der Waals surface area (Å²) in [4.78, 5) is 4.69. The SMILES string of the molecule is COc1ccc(C)cc1Nc1nc2ccccc2n2cnnc12. The highest BCUT2D eigenvalue weighted by Crippen LogP contribution is 2.30. The van der Waals surface area contributed by atoms with Crippen LogP contribution in [-0.4, -0.2) is 26.7 Å². The van der Waals surface area contributed by atoms with Gasteiger partial charge in [0, 0.05) is 0 Å². The molecule has 0 aliphatic rings. The molecular formula is C17H15N5O. The third-order valence-corrected chi connectivity index (χ3v) is 3.74. The van der Waals surface area contributed by atoms with E-state index in [4.69, 9.17) is 4.74 Å². The van der Waals surface area contributed by atoms with E-state index in [0.717, 1.165) is 28.0 Å². The lowest BCUT2D eigenvalue weighted by atomic mass is 10.2. The maximum Gasteiger partial charge on any atom is 0.204 e. The van der Waals surface area contributed by atoms with Crippen molar-refractivity contribution >= 4 is 28.2 Å². The monoisotopic (exact) mass is 305 g/mol. The van der Waals surface area contributed by atoms with Crippen LogP contribution in [0.4, 0.5) is 11.5 Å². The highest BCUT2D eigenvalue weighted by Gasteiger charge is 2.12. The van der Waals surface area contributed by atoms with E-state index in [1.807, 2.05) is 53.8 Å². The average Bonchev–Trinajstić information content (AvgIpc) is 3.05. The van der Waals surface area contributed by atoms with Crippen molar-refractivity contribution in [2.75, 3.05) is 12.4 Å². The van der Waals surface area contributed by atoms with Crippen LogP contribution in [0.1, 0.15) is 5.56 Å². The number of methoxy groups -OCH3 is 1. The van der Waals surface area contributed by atoms with Crippen LogP contribution in [0, 0.1) is 6.92 Å². The maximum atomic E-state index is 5.42. The third-order valence-electron chi connectivity index (χ3n) is 3.74. The molecule has 0 radical (unpaired) electrons. The fourth-order valence-electron chi connectivity index (χ4n) is 2.64. The van der Waals surface area contributed by atoms with E-state index < -0.39 is 0 Å². The summed E-state index contributed by atoms with van der Waals surface area (Å²) in [6.45, 7) is 2.03. The van der Waals surface area contributed by atoms with E-state index in [1.54, 1.807) is 13.4 Å². The minimum Gasteiger partial charge on any atom is -0.495 e. The Labute approximate surface area is 132 Å². The molecule has 23 heavy (non-hydrogen) atoms. The summed E-state index contributed by atoms with van der Waals surface area (Å²) in [5.41, 5.74) is 4.49. The Hall–Kier alpha value is -3.15. The van der Waals surface area contributed by atoms with Crippen molar-refractivity contribution in [3.8, 4) is 5.75 Å². The van der Waals surface area contributed by atoms with Gasteiger partial charge in [0.25, 0.3) is 0 Å². The minimum absolute atomic E-state index is 0.644. The quantitative estimate of drug-likeness (QED) is 0.629. The predicted molar refractivity (Wildman–Crippen MR) is 89.3 cm³/mol. The zero-order valence-corrected chi connectivity index (χ0v) is 12.8. The molecular weight excluding hydrogens is 290 g/mol. The number of hydrogen-bond acceptors (Lipinski definition) is 5. The first-order valence-electron chi connectivity index (χ1n) is 7.26. The van der Waals surface area contributed by atoms with Crippen LogP contribution in [-0.2, 0) is 0 Å². The molecule has 2 heterocycles. The van der Waals surface area contributed by atoms with Gasteiger partial charge in [0.15, 0.2) is 5.82 Å². The fourth-order valence-corrected chi connectivity index (χ4v) is 2.64. The largest absolute Gasteiger partial charge is 0.495 e. The number of fused-ring (bicyclic) bond motifs is 3. The van der Waals surface area contributed by atoms with Gasteiger partial charge < -0.3 is 10.1 Å². The lowest BCUT2D eigenvalue weighted by Crippen LogP contribution is -2.01. The van der Waals surface area contributed by atoms with Gasteiger partial charge in [0.05, 0.1) is 23.8 Å². The van der Waals surface area contributed by atoms with Crippen molar-refractivity contribution < 1.29 is 4.74 Å². The molecule has 0 spiro atoms. The predicted octanol–water partition coefficient (Wildman–Crippen LogP) is 3.34. The summed E-state index contributed by atoms with van der Waals surface area (Å²) in [5, 5.41) is 11.5. The Balaban J connectivity index is 1.91. The van der Waals surface area contributed by atoms with Crippen LogP contribution in [0.15, 0.2) is 48.8 Å². The highest BCUT2D eigenvalue weighted by atomic mass is 16.5. The zero-order valence-electron chi connectivity index (χ0n) is 12.8. The van der Waals surface area contributed by atoms with Crippen LogP contribution in [0.2, 0.25) is 0 Å². The second-order valence-corrected chi connectivity index (χ2v) is 5.30. The highest BCUT2D eigenvalue weighted by molar-refractivity contribution is 5.84. The van der Waals surface area contributed by atoms with Crippen LogP contribution >= 0.6 is 0 Å². The Morgan fingerprint density at radius 3 is 2.87 bits per heavy atom. The van der Waals surface area contributed by atoms with E-state index in [-0.39, 0.29) is 0 Å². The number of ether oxygens (including phenoxy) is 1. The Morgan fingerprint density at radius 1 is 1.13 bits per heavy atom. The van der Waals surface area contributed by atoms with Crippen LogP contribution in [0.5, 0.6) is 5.75 Å². The molecule has 2 aromatic heterocycles. The molecule has 0 saturated carbocycles. The van der Waals surface area contributed by atoms with Gasteiger partial charge in [-0.25, -0.2) is 4.98 Å². The van der Waals surface area contributed by atoms with Crippen LogP contribution < -0.4 is 10.1 Å². The van der Waals surface area contributed by atoms with Gasteiger partial charge >= 0.3 is 0 Å². The van der Waals surface area contributed by atoms with Gasteiger partial charge in [-0.3, -0.25) is 4.40 Å². The number of benzene rings is 2. The fraction of sp³-hybridized carbons (Fsp3) is 0.118. The van der Waals surface area contributed by atoms with E-state index in [0.29, 0.717) is 11.5 Å². The maximum absolute atomic E-state index is 5.42. The lowest BCUT2D eigenvalue weighted by Gasteiger charge is -2.12. The number of nitrogens with zero attached hydrogens (tertiary/aromatic N) is 4. The molecule has 2 aromatic carbocycles. The molecule has 0 unspecified atom stereocenters. The molecule has 1 N–H and O–H groups in total. The van der Waals surface area contributed by atoms with Gasteiger partial charge in [-0.2, -0.15) is 0 Å². The van der Waals surface area contributed by atoms with Crippen molar-refractivity contribution in [1.82, 2.24) is 19.6 Å². The van der Waals surface area contributed by atoms with E-state index >= 15 is 0 Å². The zero-order chi connectivity index (χ0) is 15.8. The first kappa shape index (κ1) is 13.5. The summed E-state index contributed by atoms with van der Waals surface area (Å²) in [5.74, 6) is 1.40. The third kappa shape index (κ3) is 2.24. The van der Waals surface area contributed by atoms with Gasteiger partial charge in [0.2, 0.25) is 5.65 Å². The Morgan fingerprint density at radius 2 is 2.00 bits per heavy atom. The average molecular weight is 305 g/mol. The Bertz CT molecular complexity index is 1010. The first-order chi connectivity index (χ1) is 11.3. The summed E-state index contributed by atoms with van der Waals surface area (Å²) in [7, 11) is 1.65. The van der Waals surface area contributed by atoms with Gasteiger partial charge in [-0.05, 0) is 36.8 Å². The summed E-state index contributed by atoms with van der Waals surface area (Å²) >= 11 is 0. The lowest BCUT2D eigenvalue weighted by molar-refractivity contribution is 0.416. The van der Waals surface area contributed by atoms with Crippen LogP contribution in [0.3, 0.4) is 0 Å². The number of para-hydroxylation sites is 2. The number of aryl methyl sites for hydroxylation is 1. The molecule has 0 aliphatic carbocycles. The summed E-state index contributed by atoms with van der Waals surface area (Å²) < 4.78 is 7.34. The van der Waals surface area contributed by atoms with Gasteiger partial charge in [-0.1, -0.05) is 18.2 Å². The van der Waals surface area contributed by atoms with Crippen LogP contribution in [0.25, 0.3) is 16.7 Å². The number of nitrogens with one attached hydrogen (secondary N) is 1. The van der Waals surface area contributed by atoms with Crippen molar-refractivity contribution in [3.63, 3.8) is 0 Å². The molecule has 0 aliphatic heterocycles. The summed E-state index contributed by atoms with van der Waals surface area (Å²) in [6, 6.07) is 13.8. The molecule has 0 atom stereocenters. The smallest absolute Gasteiger partial charge is 0.204 e. The molecule has 6 heteroatoms.